The lowest BCUT2D eigenvalue weighted by Crippen LogP contribution is -2.22. The summed E-state index contributed by atoms with van der Waals surface area (Å²) in [4.78, 5) is 11.3. The number of carbonyl (C=O) groups is 1. The van der Waals surface area contributed by atoms with Gasteiger partial charge in [-0.1, -0.05) is 12.1 Å². The minimum Gasteiger partial charge on any atom is -0.355 e. The van der Waals surface area contributed by atoms with Gasteiger partial charge in [0.05, 0.1) is 5.92 Å². The van der Waals surface area contributed by atoms with Gasteiger partial charge < -0.3 is 5.32 Å². The molecule has 1 heterocycles. The molecule has 0 aromatic heterocycles. The second-order valence-electron chi connectivity index (χ2n) is 4.14. The largest absolute Gasteiger partial charge is 0.355 e. The van der Waals surface area contributed by atoms with E-state index in [-0.39, 0.29) is 23.1 Å². The summed E-state index contributed by atoms with van der Waals surface area (Å²) in [6.45, 7) is 0.710. The second kappa shape index (κ2) is 2.35. The molecule has 2 aliphatic rings. The number of hydrogen-bond donors (Lipinski definition) is 1. The average molecular weight is 191 g/mol. The SMILES string of the molecule is O=C1NCC2(c3ccc(F)cc3)CC12. The van der Waals surface area contributed by atoms with Gasteiger partial charge in [0, 0.05) is 12.0 Å². The van der Waals surface area contributed by atoms with Crippen LogP contribution in [0, 0.1) is 11.7 Å². The molecule has 0 spiro atoms. The highest BCUT2D eigenvalue weighted by atomic mass is 19.1. The van der Waals surface area contributed by atoms with Crippen LogP contribution in [-0.2, 0) is 10.2 Å². The quantitative estimate of drug-likeness (QED) is 0.710. The molecule has 3 rings (SSSR count). The third kappa shape index (κ3) is 0.870. The first-order valence-electron chi connectivity index (χ1n) is 4.76. The van der Waals surface area contributed by atoms with Crippen LogP contribution in [0.15, 0.2) is 24.3 Å². The maximum absolute atomic E-state index is 12.7. The number of amides is 1. The van der Waals surface area contributed by atoms with Gasteiger partial charge in [-0.15, -0.1) is 0 Å². The first kappa shape index (κ1) is 7.97. The van der Waals surface area contributed by atoms with Gasteiger partial charge in [0.25, 0.3) is 0 Å². The smallest absolute Gasteiger partial charge is 0.224 e. The van der Waals surface area contributed by atoms with E-state index in [4.69, 9.17) is 0 Å². The molecule has 1 saturated heterocycles. The Kier molecular flexibility index (Phi) is 1.34. The summed E-state index contributed by atoms with van der Waals surface area (Å²) in [5.41, 5.74) is 1.08. The molecule has 1 amide bonds. The fourth-order valence-corrected chi connectivity index (χ4v) is 2.42. The van der Waals surface area contributed by atoms with Crippen molar-refractivity contribution in [1.29, 1.82) is 0 Å². The first-order chi connectivity index (χ1) is 6.72. The Balaban J connectivity index is 1.98. The lowest BCUT2D eigenvalue weighted by atomic mass is 9.95. The summed E-state index contributed by atoms with van der Waals surface area (Å²) < 4.78 is 12.7. The summed E-state index contributed by atoms with van der Waals surface area (Å²) in [6, 6.07) is 6.50. The number of nitrogens with one attached hydrogen (secondary N) is 1. The molecule has 14 heavy (non-hydrogen) atoms. The van der Waals surface area contributed by atoms with Crippen LogP contribution in [-0.4, -0.2) is 12.5 Å². The van der Waals surface area contributed by atoms with Crippen molar-refractivity contribution in [3.63, 3.8) is 0 Å². The van der Waals surface area contributed by atoms with Gasteiger partial charge in [0.1, 0.15) is 5.82 Å². The van der Waals surface area contributed by atoms with E-state index in [0.717, 1.165) is 12.0 Å². The number of carbonyl (C=O) groups excluding carboxylic acids is 1. The highest BCUT2D eigenvalue weighted by molar-refractivity contribution is 5.88. The molecule has 2 atom stereocenters. The molecule has 1 N–H and O–H groups in total. The predicted octanol–water partition coefficient (Wildman–Crippen LogP) is 1.21. The summed E-state index contributed by atoms with van der Waals surface area (Å²) >= 11 is 0. The van der Waals surface area contributed by atoms with Crippen molar-refractivity contribution in [1.82, 2.24) is 5.32 Å². The zero-order valence-electron chi connectivity index (χ0n) is 7.59. The zero-order chi connectivity index (χ0) is 9.76. The Morgan fingerprint density at radius 2 is 2.07 bits per heavy atom. The highest BCUT2D eigenvalue weighted by Crippen LogP contribution is 2.56. The van der Waals surface area contributed by atoms with Crippen LogP contribution in [0.4, 0.5) is 4.39 Å². The van der Waals surface area contributed by atoms with Crippen molar-refractivity contribution in [3.05, 3.63) is 35.6 Å². The summed E-state index contributed by atoms with van der Waals surface area (Å²) in [5.74, 6) is 0.0573. The van der Waals surface area contributed by atoms with Crippen molar-refractivity contribution in [2.45, 2.75) is 11.8 Å². The molecule has 1 saturated carbocycles. The van der Waals surface area contributed by atoms with Gasteiger partial charge in [-0.25, -0.2) is 4.39 Å². The van der Waals surface area contributed by atoms with Crippen LogP contribution in [0.3, 0.4) is 0 Å². The fourth-order valence-electron chi connectivity index (χ4n) is 2.42. The Morgan fingerprint density at radius 3 is 2.57 bits per heavy atom. The molecule has 1 aliphatic carbocycles. The second-order valence-corrected chi connectivity index (χ2v) is 4.14. The summed E-state index contributed by atoms with van der Waals surface area (Å²) in [5, 5.41) is 2.84. The average Bonchev–Trinajstić information content (AvgIpc) is 2.84. The lowest BCUT2D eigenvalue weighted by Gasteiger charge is -2.10. The molecule has 0 radical (unpaired) electrons. The number of piperidine rings is 1. The minimum absolute atomic E-state index is 0.00914. The summed E-state index contributed by atoms with van der Waals surface area (Å²) in [7, 11) is 0. The van der Waals surface area contributed by atoms with Crippen molar-refractivity contribution < 1.29 is 9.18 Å². The maximum atomic E-state index is 12.7. The van der Waals surface area contributed by atoms with E-state index in [2.05, 4.69) is 5.32 Å². The molecule has 1 aromatic rings. The van der Waals surface area contributed by atoms with Gasteiger partial charge in [-0.05, 0) is 24.1 Å². The fraction of sp³-hybridized carbons (Fsp3) is 0.364. The molecular weight excluding hydrogens is 181 g/mol. The zero-order valence-corrected chi connectivity index (χ0v) is 7.59. The molecule has 2 unspecified atom stereocenters. The van der Waals surface area contributed by atoms with Crippen LogP contribution >= 0.6 is 0 Å². The van der Waals surface area contributed by atoms with Crippen LogP contribution in [0.5, 0.6) is 0 Å². The number of halogens is 1. The standard InChI is InChI=1S/C11H10FNO/c12-8-3-1-7(2-4-8)11-5-9(11)10(14)13-6-11/h1-4,9H,5-6H2,(H,13,14). The van der Waals surface area contributed by atoms with Crippen LogP contribution in [0.25, 0.3) is 0 Å². The Morgan fingerprint density at radius 1 is 1.36 bits per heavy atom. The predicted molar refractivity (Wildman–Crippen MR) is 49.2 cm³/mol. The Hall–Kier alpha value is -1.38. The number of benzene rings is 1. The van der Waals surface area contributed by atoms with E-state index in [1.807, 2.05) is 0 Å². The van der Waals surface area contributed by atoms with E-state index in [1.165, 1.54) is 12.1 Å². The van der Waals surface area contributed by atoms with E-state index in [1.54, 1.807) is 12.1 Å². The van der Waals surface area contributed by atoms with Gasteiger partial charge in [0.15, 0.2) is 0 Å². The minimum atomic E-state index is -0.223. The Bertz CT molecular complexity index is 400. The maximum Gasteiger partial charge on any atom is 0.224 e. The number of rotatable bonds is 1. The van der Waals surface area contributed by atoms with E-state index < -0.39 is 0 Å². The van der Waals surface area contributed by atoms with Gasteiger partial charge in [-0.3, -0.25) is 4.79 Å². The topological polar surface area (TPSA) is 29.1 Å². The number of hydrogen-bond acceptors (Lipinski definition) is 1. The van der Waals surface area contributed by atoms with Crippen LogP contribution in [0.1, 0.15) is 12.0 Å². The molecular formula is C11H10FNO. The molecule has 0 bridgehead atoms. The molecule has 2 nitrogen and oxygen atoms in total. The number of fused-ring (bicyclic) bond motifs is 1. The van der Waals surface area contributed by atoms with Gasteiger partial charge >= 0.3 is 0 Å². The first-order valence-corrected chi connectivity index (χ1v) is 4.76. The van der Waals surface area contributed by atoms with Crippen molar-refractivity contribution in [2.24, 2.45) is 5.92 Å². The van der Waals surface area contributed by atoms with Crippen LogP contribution in [0.2, 0.25) is 0 Å². The molecule has 3 heteroatoms. The Labute approximate surface area is 81.1 Å². The van der Waals surface area contributed by atoms with E-state index in [0.29, 0.717) is 6.54 Å². The monoisotopic (exact) mass is 191 g/mol. The third-order valence-corrected chi connectivity index (χ3v) is 3.39. The van der Waals surface area contributed by atoms with Gasteiger partial charge in [-0.2, -0.15) is 0 Å². The molecule has 2 fully saturated rings. The summed E-state index contributed by atoms with van der Waals surface area (Å²) in [6.07, 6.45) is 0.921. The van der Waals surface area contributed by atoms with E-state index >= 15 is 0 Å². The van der Waals surface area contributed by atoms with Crippen LogP contribution < -0.4 is 5.32 Å². The van der Waals surface area contributed by atoms with Crippen molar-refractivity contribution in [2.75, 3.05) is 6.54 Å². The normalized spacial score (nSPS) is 33.8. The lowest BCUT2D eigenvalue weighted by molar-refractivity contribution is -0.120. The highest BCUT2D eigenvalue weighted by Gasteiger charge is 2.63. The van der Waals surface area contributed by atoms with Gasteiger partial charge in [0.2, 0.25) is 5.91 Å². The molecule has 1 aliphatic heterocycles. The molecule has 1 aromatic carbocycles. The van der Waals surface area contributed by atoms with Crippen molar-refractivity contribution in [3.8, 4) is 0 Å². The van der Waals surface area contributed by atoms with Crippen molar-refractivity contribution >= 4 is 5.91 Å². The third-order valence-electron chi connectivity index (χ3n) is 3.39. The molecule has 72 valence electrons. The van der Waals surface area contributed by atoms with E-state index in [9.17, 15) is 9.18 Å².